The van der Waals surface area contributed by atoms with Crippen LogP contribution in [0.2, 0.25) is 0 Å². The Morgan fingerprint density at radius 1 is 1.17 bits per heavy atom. The van der Waals surface area contributed by atoms with E-state index in [1.807, 2.05) is 10.7 Å². The van der Waals surface area contributed by atoms with Gasteiger partial charge in [0, 0.05) is 44.1 Å². The molecule has 7 nitrogen and oxygen atoms in total. The molecule has 1 fully saturated rings. The molecule has 0 amide bonds. The van der Waals surface area contributed by atoms with Gasteiger partial charge in [-0.15, -0.1) is 5.10 Å². The predicted octanol–water partition coefficient (Wildman–Crippen LogP) is 2.45. The lowest BCUT2D eigenvalue weighted by Crippen LogP contribution is -2.47. The summed E-state index contributed by atoms with van der Waals surface area (Å²) < 4.78 is 2.71. The Hall–Kier alpha value is -1.58. The lowest BCUT2D eigenvalue weighted by Gasteiger charge is -2.34. The normalized spacial score (nSPS) is 16.4. The van der Waals surface area contributed by atoms with E-state index < -0.39 is 0 Å². The second-order valence-corrected chi connectivity index (χ2v) is 8.47. The molecule has 24 heavy (non-hydrogen) atoms. The van der Waals surface area contributed by atoms with Crippen molar-refractivity contribution in [3.63, 3.8) is 0 Å². The Morgan fingerprint density at radius 2 is 1.83 bits per heavy atom. The number of aromatic nitrogens is 4. The molecule has 1 aliphatic heterocycles. The minimum absolute atomic E-state index is 0.0151. The van der Waals surface area contributed by atoms with Crippen molar-refractivity contribution in [3.8, 4) is 0 Å². The molecule has 3 rings (SSSR count). The van der Waals surface area contributed by atoms with Crippen molar-refractivity contribution in [1.29, 1.82) is 0 Å². The molecule has 0 spiro atoms. The fourth-order valence-electron chi connectivity index (χ4n) is 2.50. The Bertz CT molecular complexity index is 711. The fourth-order valence-corrected chi connectivity index (χ4v) is 3.70. The highest BCUT2D eigenvalue weighted by atomic mass is 32.1. The third-order valence-electron chi connectivity index (χ3n) is 3.63. The third-order valence-corrected chi connectivity index (χ3v) is 4.85. The molecule has 0 bridgehead atoms. The van der Waals surface area contributed by atoms with E-state index in [1.54, 1.807) is 12.4 Å². The fraction of sp³-hybridized carbons (Fsp3) is 0.600. The van der Waals surface area contributed by atoms with Crippen LogP contribution in [0.1, 0.15) is 20.8 Å². The largest absolute Gasteiger partial charge is 0.356 e. The summed E-state index contributed by atoms with van der Waals surface area (Å²) in [7, 11) is 0. The maximum Gasteiger partial charge on any atom is 0.225 e. The molecule has 0 aliphatic carbocycles. The first-order valence-corrected chi connectivity index (χ1v) is 9.24. The van der Waals surface area contributed by atoms with Crippen LogP contribution in [0.25, 0.3) is 0 Å². The second kappa shape index (κ2) is 7.12. The van der Waals surface area contributed by atoms with Crippen LogP contribution in [-0.4, -0.2) is 56.4 Å². The SMILES string of the molecule is CC(C)(C)Nc1nn(CN2CCN(c3ncccn3)CC2)c(=S)s1. The van der Waals surface area contributed by atoms with Crippen molar-refractivity contribution >= 4 is 34.6 Å². The van der Waals surface area contributed by atoms with Crippen LogP contribution in [0.3, 0.4) is 0 Å². The Morgan fingerprint density at radius 3 is 2.46 bits per heavy atom. The number of piperazine rings is 1. The average molecular weight is 366 g/mol. The van der Waals surface area contributed by atoms with Gasteiger partial charge in [0.05, 0.1) is 6.67 Å². The summed E-state index contributed by atoms with van der Waals surface area (Å²) in [6.45, 7) is 10.8. The Kier molecular flexibility index (Phi) is 5.12. The molecule has 2 aromatic heterocycles. The summed E-state index contributed by atoms with van der Waals surface area (Å²) in [4.78, 5) is 13.2. The first kappa shape index (κ1) is 17.2. The van der Waals surface area contributed by atoms with Gasteiger partial charge in [-0.05, 0) is 39.1 Å². The van der Waals surface area contributed by atoms with E-state index in [0.29, 0.717) is 0 Å². The maximum absolute atomic E-state index is 5.45. The summed E-state index contributed by atoms with van der Waals surface area (Å²) in [6, 6.07) is 1.84. The first-order chi connectivity index (χ1) is 11.4. The van der Waals surface area contributed by atoms with Crippen LogP contribution >= 0.6 is 23.6 Å². The van der Waals surface area contributed by atoms with Gasteiger partial charge in [-0.25, -0.2) is 14.6 Å². The number of nitrogens with zero attached hydrogens (tertiary/aromatic N) is 6. The molecular formula is C15H23N7S2. The van der Waals surface area contributed by atoms with Crippen LogP contribution in [0.5, 0.6) is 0 Å². The van der Waals surface area contributed by atoms with Gasteiger partial charge < -0.3 is 10.2 Å². The van der Waals surface area contributed by atoms with Crippen molar-refractivity contribution < 1.29 is 0 Å². The van der Waals surface area contributed by atoms with Crippen LogP contribution < -0.4 is 10.2 Å². The highest BCUT2D eigenvalue weighted by Gasteiger charge is 2.20. The molecule has 0 radical (unpaired) electrons. The van der Waals surface area contributed by atoms with E-state index in [-0.39, 0.29) is 5.54 Å². The zero-order chi connectivity index (χ0) is 17.2. The van der Waals surface area contributed by atoms with Gasteiger partial charge in [0.1, 0.15) is 0 Å². The maximum atomic E-state index is 5.45. The number of rotatable bonds is 4. The molecule has 9 heteroatoms. The van der Waals surface area contributed by atoms with Gasteiger partial charge in [0.15, 0.2) is 3.95 Å². The molecule has 0 unspecified atom stereocenters. The minimum atomic E-state index is -0.0151. The Labute approximate surface area is 151 Å². The van der Waals surface area contributed by atoms with E-state index in [0.717, 1.165) is 47.9 Å². The van der Waals surface area contributed by atoms with Gasteiger partial charge in [-0.1, -0.05) is 11.3 Å². The number of nitrogens with one attached hydrogen (secondary N) is 1. The van der Waals surface area contributed by atoms with Gasteiger partial charge in [-0.2, -0.15) is 0 Å². The predicted molar refractivity (Wildman–Crippen MR) is 100 cm³/mol. The molecule has 1 saturated heterocycles. The topological polar surface area (TPSA) is 62.1 Å². The number of hydrogen-bond donors (Lipinski definition) is 1. The zero-order valence-electron chi connectivity index (χ0n) is 14.3. The smallest absolute Gasteiger partial charge is 0.225 e. The summed E-state index contributed by atoms with van der Waals surface area (Å²) in [6.07, 6.45) is 3.57. The third kappa shape index (κ3) is 4.49. The Balaban J connectivity index is 1.57. The average Bonchev–Trinajstić information content (AvgIpc) is 2.86. The standard InChI is InChI=1S/C15H23N7S2/c1-15(2,3)18-13-19-22(14(23)24-13)11-20-7-9-21(10-8-20)12-16-5-4-6-17-12/h4-6H,7-11H2,1-3H3,(H,18,19). The van der Waals surface area contributed by atoms with Crippen molar-refractivity contribution in [1.82, 2.24) is 24.6 Å². The summed E-state index contributed by atoms with van der Waals surface area (Å²) in [5.41, 5.74) is -0.0151. The molecule has 0 aromatic carbocycles. The van der Waals surface area contributed by atoms with Crippen LogP contribution in [0.4, 0.5) is 11.1 Å². The zero-order valence-corrected chi connectivity index (χ0v) is 15.9. The first-order valence-electron chi connectivity index (χ1n) is 8.01. The van der Waals surface area contributed by atoms with Crippen LogP contribution in [-0.2, 0) is 6.67 Å². The highest BCUT2D eigenvalue weighted by molar-refractivity contribution is 7.73. The summed E-state index contributed by atoms with van der Waals surface area (Å²) in [5.74, 6) is 0.805. The van der Waals surface area contributed by atoms with Crippen molar-refractivity contribution in [3.05, 3.63) is 22.4 Å². The van der Waals surface area contributed by atoms with Crippen LogP contribution in [0, 0.1) is 3.95 Å². The van der Waals surface area contributed by atoms with Crippen molar-refractivity contribution in [2.75, 3.05) is 36.4 Å². The lowest BCUT2D eigenvalue weighted by atomic mass is 10.1. The molecule has 2 aromatic rings. The molecule has 3 heterocycles. The second-order valence-electron chi connectivity index (χ2n) is 6.84. The molecule has 1 aliphatic rings. The van der Waals surface area contributed by atoms with Gasteiger partial charge >= 0.3 is 0 Å². The van der Waals surface area contributed by atoms with Gasteiger partial charge in [-0.3, -0.25) is 4.90 Å². The number of anilines is 2. The van der Waals surface area contributed by atoms with E-state index in [4.69, 9.17) is 12.2 Å². The highest BCUT2D eigenvalue weighted by Crippen LogP contribution is 2.19. The molecule has 0 saturated carbocycles. The van der Waals surface area contributed by atoms with E-state index in [2.05, 4.69) is 51.0 Å². The van der Waals surface area contributed by atoms with Crippen molar-refractivity contribution in [2.24, 2.45) is 0 Å². The van der Waals surface area contributed by atoms with E-state index in [9.17, 15) is 0 Å². The molecule has 1 N–H and O–H groups in total. The molecule has 0 atom stereocenters. The monoisotopic (exact) mass is 365 g/mol. The number of hydrogen-bond acceptors (Lipinski definition) is 8. The van der Waals surface area contributed by atoms with E-state index >= 15 is 0 Å². The van der Waals surface area contributed by atoms with Crippen molar-refractivity contribution in [2.45, 2.75) is 33.0 Å². The molecular weight excluding hydrogens is 342 g/mol. The van der Waals surface area contributed by atoms with Gasteiger partial charge in [0.25, 0.3) is 0 Å². The van der Waals surface area contributed by atoms with Crippen LogP contribution in [0.15, 0.2) is 18.5 Å². The van der Waals surface area contributed by atoms with E-state index in [1.165, 1.54) is 11.3 Å². The lowest BCUT2D eigenvalue weighted by molar-refractivity contribution is 0.194. The quantitative estimate of drug-likeness (QED) is 0.835. The summed E-state index contributed by atoms with van der Waals surface area (Å²) >= 11 is 6.98. The van der Waals surface area contributed by atoms with Gasteiger partial charge in [0.2, 0.25) is 11.1 Å². The molecule has 130 valence electrons. The minimum Gasteiger partial charge on any atom is -0.356 e. The summed E-state index contributed by atoms with van der Waals surface area (Å²) in [5, 5.41) is 8.87.